The Labute approximate surface area is 249 Å². The van der Waals surface area contributed by atoms with Gasteiger partial charge in [-0.15, -0.1) is 0 Å². The number of carbonyl (C=O) groups is 1. The number of ether oxygens (including phenoxy) is 1. The molecule has 232 valence electrons. The van der Waals surface area contributed by atoms with Crippen LogP contribution >= 0.6 is 11.6 Å². The third-order valence-corrected chi connectivity index (χ3v) is 8.63. The lowest BCUT2D eigenvalue weighted by atomic mass is 10.1. The first-order valence-corrected chi connectivity index (χ1v) is 14.3. The molecule has 17 heteroatoms. The Morgan fingerprint density at radius 2 is 1.75 bits per heavy atom. The summed E-state index contributed by atoms with van der Waals surface area (Å²) in [5.74, 6) is -2.07. The van der Waals surface area contributed by atoms with Gasteiger partial charge in [-0.25, -0.2) is 8.42 Å². The Hall–Kier alpha value is -4.31. The maximum atomic E-state index is 13.7. The summed E-state index contributed by atoms with van der Waals surface area (Å²) in [5, 5.41) is 12.5. The molecule has 1 atom stereocenters. The number of anilines is 1. The summed E-state index contributed by atoms with van der Waals surface area (Å²) in [5.41, 5.74) is -3.02. The number of sulfonamides is 1. The van der Waals surface area contributed by atoms with Crippen LogP contribution in [0.2, 0.25) is 5.02 Å². The van der Waals surface area contributed by atoms with Crippen LogP contribution in [0, 0.1) is 0 Å². The van der Waals surface area contributed by atoms with Crippen molar-refractivity contribution >= 4 is 33.3 Å². The second kappa shape index (κ2) is 11.3. The van der Waals surface area contributed by atoms with Crippen LogP contribution in [0.15, 0.2) is 70.1 Å². The fraction of sp³-hybridized carbons (Fsp3) is 0.222. The number of fused-ring (bicyclic) bond motifs is 1. The molecule has 3 aromatic carbocycles. The number of nitrogens with zero attached hydrogens (tertiary/aromatic N) is 3. The molecule has 0 radical (unpaired) electrons. The molecule has 0 saturated heterocycles. The van der Waals surface area contributed by atoms with Crippen LogP contribution < -0.4 is 9.04 Å². The average Bonchev–Trinajstić information content (AvgIpc) is 3.44. The van der Waals surface area contributed by atoms with E-state index < -0.39 is 68.5 Å². The third kappa shape index (κ3) is 6.17. The predicted octanol–water partition coefficient (Wildman–Crippen LogP) is 6.92. The number of halogens is 7. The molecule has 44 heavy (non-hydrogen) atoms. The van der Waals surface area contributed by atoms with Gasteiger partial charge in [0, 0.05) is 12.0 Å². The Morgan fingerprint density at radius 3 is 2.43 bits per heavy atom. The van der Waals surface area contributed by atoms with Gasteiger partial charge in [-0.05, 0) is 55.0 Å². The highest BCUT2D eigenvalue weighted by Crippen LogP contribution is 2.43. The van der Waals surface area contributed by atoms with Crippen LogP contribution in [-0.4, -0.2) is 42.3 Å². The van der Waals surface area contributed by atoms with Crippen LogP contribution in [-0.2, 0) is 27.2 Å². The van der Waals surface area contributed by atoms with Gasteiger partial charge in [0.15, 0.2) is 0 Å². The number of hydrogen-bond acceptors (Lipinski definition) is 7. The standard InChI is InChI=1S/C27H18ClF6N3O6S/c28-19-6-2-5-18(27(32,33)34)23(19)25-35-24(36-43-25)14-7-9-21-20(11-14)37(13-16(42-21)8-10-22(38)39)44(40,41)17-4-1-3-15(12-17)26(29,30)31/h1-7,9,11-12,16H,8,10,13H2,(H,38,39)/t16-/m0/s1. The van der Waals surface area contributed by atoms with Crippen molar-refractivity contribution in [3.05, 3.63) is 76.8 Å². The first kappa shape index (κ1) is 31.1. The minimum Gasteiger partial charge on any atom is -0.486 e. The normalized spacial score (nSPS) is 15.5. The number of alkyl halides is 6. The van der Waals surface area contributed by atoms with Gasteiger partial charge in [-0.1, -0.05) is 28.9 Å². The topological polar surface area (TPSA) is 123 Å². The summed E-state index contributed by atoms with van der Waals surface area (Å²) < 4.78 is 120. The Morgan fingerprint density at radius 1 is 1.02 bits per heavy atom. The monoisotopic (exact) mass is 661 g/mol. The van der Waals surface area contributed by atoms with Crippen molar-refractivity contribution in [1.29, 1.82) is 0 Å². The van der Waals surface area contributed by atoms with Crippen molar-refractivity contribution in [2.24, 2.45) is 0 Å². The summed E-state index contributed by atoms with van der Waals surface area (Å²) in [6.07, 6.45) is -11.1. The summed E-state index contributed by atoms with van der Waals surface area (Å²) in [7, 11) is -4.69. The Bertz CT molecular complexity index is 1840. The van der Waals surface area contributed by atoms with Crippen molar-refractivity contribution in [2.45, 2.75) is 36.2 Å². The van der Waals surface area contributed by atoms with Gasteiger partial charge in [0.25, 0.3) is 15.9 Å². The van der Waals surface area contributed by atoms with Crippen molar-refractivity contribution < 1.29 is 53.9 Å². The number of carboxylic acids is 1. The third-order valence-electron chi connectivity index (χ3n) is 6.54. The van der Waals surface area contributed by atoms with E-state index in [0.29, 0.717) is 12.1 Å². The van der Waals surface area contributed by atoms with E-state index in [1.54, 1.807) is 0 Å². The summed E-state index contributed by atoms with van der Waals surface area (Å²) >= 11 is 6.02. The van der Waals surface area contributed by atoms with Crippen LogP contribution in [0.4, 0.5) is 32.0 Å². The molecule has 0 fully saturated rings. The van der Waals surface area contributed by atoms with Crippen molar-refractivity contribution in [3.63, 3.8) is 0 Å². The number of aromatic nitrogens is 2. The minimum atomic E-state index is -4.84. The molecular formula is C27H18ClF6N3O6S. The van der Waals surface area contributed by atoms with Gasteiger partial charge in [0.05, 0.1) is 38.8 Å². The van der Waals surface area contributed by atoms with E-state index in [1.165, 1.54) is 24.3 Å². The molecule has 4 aromatic rings. The molecule has 0 aliphatic carbocycles. The van der Waals surface area contributed by atoms with Crippen molar-refractivity contribution in [3.8, 4) is 28.6 Å². The minimum absolute atomic E-state index is 0.0520. The summed E-state index contributed by atoms with van der Waals surface area (Å²) in [6.45, 7) is -0.464. The van der Waals surface area contributed by atoms with Crippen molar-refractivity contribution in [2.75, 3.05) is 10.8 Å². The van der Waals surface area contributed by atoms with Gasteiger partial charge in [0.1, 0.15) is 11.9 Å². The van der Waals surface area contributed by atoms with Gasteiger partial charge < -0.3 is 14.4 Å². The fourth-order valence-electron chi connectivity index (χ4n) is 4.49. The molecule has 9 nitrogen and oxygen atoms in total. The van der Waals surface area contributed by atoms with Gasteiger partial charge in [-0.2, -0.15) is 31.3 Å². The molecule has 0 spiro atoms. The van der Waals surface area contributed by atoms with Crippen LogP contribution in [0.5, 0.6) is 5.75 Å². The number of benzene rings is 3. The highest BCUT2D eigenvalue weighted by molar-refractivity contribution is 7.92. The summed E-state index contributed by atoms with van der Waals surface area (Å²) in [4.78, 5) is 14.5. The quantitative estimate of drug-likeness (QED) is 0.212. The maximum absolute atomic E-state index is 13.7. The van der Waals surface area contributed by atoms with E-state index in [-0.39, 0.29) is 40.7 Å². The van der Waals surface area contributed by atoms with E-state index in [4.69, 9.17) is 26.0 Å². The van der Waals surface area contributed by atoms with Crippen molar-refractivity contribution in [1.82, 2.24) is 10.1 Å². The zero-order chi connectivity index (χ0) is 32.0. The number of hydrogen-bond donors (Lipinski definition) is 1. The number of carboxylic acid groups (broad SMARTS) is 1. The maximum Gasteiger partial charge on any atom is 0.417 e. The lowest BCUT2D eigenvalue weighted by Crippen LogP contribution is -2.43. The van der Waals surface area contributed by atoms with E-state index in [0.717, 1.165) is 28.6 Å². The molecule has 2 heterocycles. The molecule has 0 amide bonds. The predicted molar refractivity (Wildman–Crippen MR) is 142 cm³/mol. The number of aliphatic carboxylic acids is 1. The molecule has 0 saturated carbocycles. The van der Waals surface area contributed by atoms with E-state index >= 15 is 0 Å². The van der Waals surface area contributed by atoms with Gasteiger partial charge >= 0.3 is 18.3 Å². The largest absolute Gasteiger partial charge is 0.486 e. The van der Waals surface area contributed by atoms with Crippen LogP contribution in [0.1, 0.15) is 24.0 Å². The molecule has 0 unspecified atom stereocenters. The van der Waals surface area contributed by atoms with Gasteiger partial charge in [-0.3, -0.25) is 9.10 Å². The molecule has 5 rings (SSSR count). The zero-order valence-corrected chi connectivity index (χ0v) is 23.4. The average molecular weight is 662 g/mol. The van der Waals surface area contributed by atoms with E-state index in [2.05, 4.69) is 10.1 Å². The van der Waals surface area contributed by atoms with Crippen LogP contribution in [0.25, 0.3) is 22.8 Å². The molecule has 1 aromatic heterocycles. The smallest absolute Gasteiger partial charge is 0.417 e. The highest BCUT2D eigenvalue weighted by atomic mass is 35.5. The second-order valence-electron chi connectivity index (χ2n) is 9.50. The first-order chi connectivity index (χ1) is 20.6. The van der Waals surface area contributed by atoms with Crippen LogP contribution in [0.3, 0.4) is 0 Å². The lowest BCUT2D eigenvalue weighted by Gasteiger charge is -2.35. The summed E-state index contributed by atoms with van der Waals surface area (Å²) in [6, 6.07) is 9.99. The second-order valence-corrected chi connectivity index (χ2v) is 11.8. The lowest BCUT2D eigenvalue weighted by molar-refractivity contribution is -0.138. The molecular weight excluding hydrogens is 644 g/mol. The Balaban J connectivity index is 1.58. The van der Waals surface area contributed by atoms with Gasteiger partial charge in [0.2, 0.25) is 5.82 Å². The number of rotatable bonds is 7. The molecule has 1 aliphatic rings. The van der Waals surface area contributed by atoms with E-state index in [9.17, 15) is 39.6 Å². The Kier molecular flexibility index (Phi) is 8.01. The SMILES string of the molecule is O=C(O)CC[C@H]1CN(S(=O)(=O)c2cccc(C(F)(F)F)c2)c2cc(-c3noc(-c4c(Cl)cccc4C(F)(F)F)n3)ccc2O1. The first-order valence-electron chi connectivity index (χ1n) is 12.5. The zero-order valence-electron chi connectivity index (χ0n) is 21.9. The highest BCUT2D eigenvalue weighted by Gasteiger charge is 2.38. The van der Waals surface area contributed by atoms with E-state index in [1.807, 2.05) is 0 Å². The molecule has 1 aliphatic heterocycles. The molecule has 0 bridgehead atoms. The molecule has 1 N–H and O–H groups in total. The fourth-order valence-corrected chi connectivity index (χ4v) is 6.29.